The highest BCUT2D eigenvalue weighted by Gasteiger charge is 2.08. The van der Waals surface area contributed by atoms with Gasteiger partial charge in [-0.2, -0.15) is 0 Å². The molecule has 102 valence electrons. The lowest BCUT2D eigenvalue weighted by Crippen LogP contribution is -2.32. The van der Waals surface area contributed by atoms with Crippen LogP contribution in [0, 0.1) is 0 Å². The summed E-state index contributed by atoms with van der Waals surface area (Å²) in [7, 11) is 3.46. The first-order valence-corrected chi connectivity index (χ1v) is 6.36. The van der Waals surface area contributed by atoms with Crippen molar-refractivity contribution in [3.63, 3.8) is 0 Å². The number of ether oxygens (including phenoxy) is 2. The third-order valence-corrected chi connectivity index (χ3v) is 2.75. The molecule has 0 aliphatic carbocycles. The maximum Gasteiger partial charge on any atom is 0.0945 e. The molecule has 4 nitrogen and oxygen atoms in total. The minimum atomic E-state index is 0.116. The van der Waals surface area contributed by atoms with Gasteiger partial charge in [-0.25, -0.2) is 0 Å². The van der Waals surface area contributed by atoms with Gasteiger partial charge in [-0.05, 0) is 5.56 Å². The molecule has 0 aliphatic heterocycles. The summed E-state index contributed by atoms with van der Waals surface area (Å²) in [6, 6.07) is 10.3. The Morgan fingerprint density at radius 3 is 2.39 bits per heavy atom. The molecule has 2 N–H and O–H groups in total. The zero-order chi connectivity index (χ0) is 13.1. The maximum atomic E-state index is 5.48. The van der Waals surface area contributed by atoms with Crippen molar-refractivity contribution in [2.24, 2.45) is 0 Å². The average Bonchev–Trinajstić information content (AvgIpc) is 2.43. The minimum absolute atomic E-state index is 0.116. The maximum absolute atomic E-state index is 5.48. The molecule has 1 atom stereocenters. The molecule has 18 heavy (non-hydrogen) atoms. The molecule has 1 aromatic carbocycles. The highest BCUT2D eigenvalue weighted by Crippen LogP contribution is 2.14. The lowest BCUT2D eigenvalue weighted by Gasteiger charge is -2.16. The average molecular weight is 252 g/mol. The zero-order valence-corrected chi connectivity index (χ0v) is 11.3. The Kier molecular flexibility index (Phi) is 8.42. The Hall–Kier alpha value is -0.940. The SMILES string of the molecule is COCCNCCNCC(OC)c1ccccc1. The summed E-state index contributed by atoms with van der Waals surface area (Å²) in [4.78, 5) is 0. The standard InChI is InChI=1S/C14H24N2O2/c1-17-11-10-15-8-9-16-12-14(18-2)13-6-4-3-5-7-13/h3-7,14-16H,8-12H2,1-2H3. The monoisotopic (exact) mass is 252 g/mol. The first kappa shape index (κ1) is 15.1. The van der Waals surface area contributed by atoms with Crippen molar-refractivity contribution in [2.75, 3.05) is 47.0 Å². The zero-order valence-electron chi connectivity index (χ0n) is 11.3. The van der Waals surface area contributed by atoms with E-state index in [0.717, 1.165) is 32.8 Å². The van der Waals surface area contributed by atoms with Crippen LogP contribution < -0.4 is 10.6 Å². The van der Waals surface area contributed by atoms with Gasteiger partial charge in [0, 0.05) is 40.4 Å². The van der Waals surface area contributed by atoms with Gasteiger partial charge in [0.2, 0.25) is 0 Å². The van der Waals surface area contributed by atoms with Crippen molar-refractivity contribution in [3.05, 3.63) is 35.9 Å². The van der Waals surface area contributed by atoms with Gasteiger partial charge >= 0.3 is 0 Å². The number of hydrogen-bond donors (Lipinski definition) is 2. The highest BCUT2D eigenvalue weighted by molar-refractivity contribution is 5.17. The van der Waals surface area contributed by atoms with Crippen molar-refractivity contribution in [1.29, 1.82) is 0 Å². The molecule has 1 aromatic rings. The molecule has 0 radical (unpaired) electrons. The fraction of sp³-hybridized carbons (Fsp3) is 0.571. The molecule has 0 aliphatic rings. The van der Waals surface area contributed by atoms with E-state index in [9.17, 15) is 0 Å². The van der Waals surface area contributed by atoms with E-state index in [1.54, 1.807) is 14.2 Å². The van der Waals surface area contributed by atoms with Crippen LogP contribution in [0.15, 0.2) is 30.3 Å². The predicted molar refractivity (Wildman–Crippen MR) is 73.8 cm³/mol. The number of methoxy groups -OCH3 is 2. The molecular weight excluding hydrogens is 228 g/mol. The van der Waals surface area contributed by atoms with Gasteiger partial charge in [-0.1, -0.05) is 30.3 Å². The van der Waals surface area contributed by atoms with E-state index in [4.69, 9.17) is 9.47 Å². The van der Waals surface area contributed by atoms with Crippen LogP contribution in [-0.2, 0) is 9.47 Å². The Morgan fingerprint density at radius 2 is 1.72 bits per heavy atom. The van der Waals surface area contributed by atoms with Crippen molar-refractivity contribution in [1.82, 2.24) is 10.6 Å². The van der Waals surface area contributed by atoms with Gasteiger partial charge in [0.1, 0.15) is 0 Å². The molecule has 0 fully saturated rings. The van der Waals surface area contributed by atoms with Crippen LogP contribution in [0.1, 0.15) is 11.7 Å². The predicted octanol–water partition coefficient (Wildman–Crippen LogP) is 1.20. The first-order chi connectivity index (χ1) is 8.88. The van der Waals surface area contributed by atoms with Crippen LogP contribution in [0.5, 0.6) is 0 Å². The van der Waals surface area contributed by atoms with E-state index in [-0.39, 0.29) is 6.10 Å². The molecule has 0 saturated heterocycles. The van der Waals surface area contributed by atoms with Crippen molar-refractivity contribution >= 4 is 0 Å². The van der Waals surface area contributed by atoms with Crippen LogP contribution in [0.25, 0.3) is 0 Å². The largest absolute Gasteiger partial charge is 0.383 e. The first-order valence-electron chi connectivity index (χ1n) is 6.36. The van der Waals surface area contributed by atoms with E-state index in [1.165, 1.54) is 5.56 Å². The van der Waals surface area contributed by atoms with E-state index in [0.29, 0.717) is 0 Å². The Balaban J connectivity index is 2.13. The molecule has 0 spiro atoms. The van der Waals surface area contributed by atoms with Gasteiger partial charge in [0.05, 0.1) is 12.7 Å². The lowest BCUT2D eigenvalue weighted by molar-refractivity contribution is 0.102. The summed E-state index contributed by atoms with van der Waals surface area (Å²) in [6.07, 6.45) is 0.116. The number of rotatable bonds is 10. The van der Waals surface area contributed by atoms with Crippen LogP contribution in [0.3, 0.4) is 0 Å². The summed E-state index contributed by atoms with van der Waals surface area (Å²) in [5.41, 5.74) is 1.21. The van der Waals surface area contributed by atoms with Crippen LogP contribution in [0.4, 0.5) is 0 Å². The molecule has 4 heteroatoms. The normalized spacial score (nSPS) is 12.6. The van der Waals surface area contributed by atoms with E-state index >= 15 is 0 Å². The summed E-state index contributed by atoms with van der Waals surface area (Å²) in [6.45, 7) is 4.34. The van der Waals surface area contributed by atoms with Crippen molar-refractivity contribution < 1.29 is 9.47 Å². The van der Waals surface area contributed by atoms with E-state index in [1.807, 2.05) is 18.2 Å². The van der Waals surface area contributed by atoms with Gasteiger partial charge < -0.3 is 20.1 Å². The van der Waals surface area contributed by atoms with Crippen LogP contribution in [0.2, 0.25) is 0 Å². The molecule has 0 amide bonds. The van der Waals surface area contributed by atoms with Crippen LogP contribution >= 0.6 is 0 Å². The third-order valence-electron chi connectivity index (χ3n) is 2.75. The van der Waals surface area contributed by atoms with Gasteiger partial charge in [0.25, 0.3) is 0 Å². The minimum Gasteiger partial charge on any atom is -0.383 e. The van der Waals surface area contributed by atoms with Gasteiger partial charge in [-0.15, -0.1) is 0 Å². The Bertz CT molecular complexity index is 293. The molecule has 0 saturated carbocycles. The Labute approximate surface area is 110 Å². The highest BCUT2D eigenvalue weighted by atomic mass is 16.5. The van der Waals surface area contributed by atoms with Gasteiger partial charge in [-0.3, -0.25) is 0 Å². The molecule has 0 aromatic heterocycles. The molecule has 1 rings (SSSR count). The summed E-state index contributed by atoms with van der Waals surface area (Å²) >= 11 is 0. The second-order valence-electron chi connectivity index (χ2n) is 4.08. The topological polar surface area (TPSA) is 42.5 Å². The smallest absolute Gasteiger partial charge is 0.0945 e. The number of benzene rings is 1. The summed E-state index contributed by atoms with van der Waals surface area (Å²) in [5.74, 6) is 0. The van der Waals surface area contributed by atoms with Gasteiger partial charge in [0.15, 0.2) is 0 Å². The molecule has 1 unspecified atom stereocenters. The lowest BCUT2D eigenvalue weighted by atomic mass is 10.1. The van der Waals surface area contributed by atoms with Crippen molar-refractivity contribution in [2.45, 2.75) is 6.10 Å². The third kappa shape index (κ3) is 6.12. The van der Waals surface area contributed by atoms with Crippen molar-refractivity contribution in [3.8, 4) is 0 Å². The van der Waals surface area contributed by atoms with E-state index in [2.05, 4.69) is 22.8 Å². The fourth-order valence-electron chi connectivity index (χ4n) is 1.71. The number of hydrogen-bond acceptors (Lipinski definition) is 4. The molecular formula is C14H24N2O2. The van der Waals surface area contributed by atoms with Crippen LogP contribution in [-0.4, -0.2) is 47.0 Å². The second-order valence-corrected chi connectivity index (χ2v) is 4.08. The second kappa shape index (κ2) is 10.0. The summed E-state index contributed by atoms with van der Waals surface area (Å²) in [5, 5.41) is 6.67. The van der Waals surface area contributed by atoms with E-state index < -0.39 is 0 Å². The Morgan fingerprint density at radius 1 is 1.00 bits per heavy atom. The molecule has 0 bridgehead atoms. The number of nitrogens with one attached hydrogen (secondary N) is 2. The quantitative estimate of drug-likeness (QED) is 0.614. The molecule has 0 heterocycles. The fourth-order valence-corrected chi connectivity index (χ4v) is 1.71. The summed E-state index contributed by atoms with van der Waals surface area (Å²) < 4.78 is 10.4.